The summed E-state index contributed by atoms with van der Waals surface area (Å²) in [5, 5.41) is 3.74. The number of aromatic nitrogens is 2. The summed E-state index contributed by atoms with van der Waals surface area (Å²) in [5.41, 5.74) is 0.384. The Morgan fingerprint density at radius 1 is 1.26 bits per heavy atom. The van der Waals surface area contributed by atoms with Gasteiger partial charge in [0.2, 0.25) is 0 Å². The number of halogens is 3. The van der Waals surface area contributed by atoms with Gasteiger partial charge in [-0.25, -0.2) is 9.97 Å². The van der Waals surface area contributed by atoms with Gasteiger partial charge >= 0.3 is 6.18 Å². The average Bonchev–Trinajstić information content (AvgIpc) is 2.37. The molecule has 2 aromatic rings. The number of nitrogens with one attached hydrogen (secondary N) is 1. The molecule has 1 unspecified atom stereocenters. The van der Waals surface area contributed by atoms with Crippen LogP contribution in [0.25, 0.3) is 10.9 Å². The number of hydrogen-bond acceptors (Lipinski definition) is 3. The third-order valence-electron chi connectivity index (χ3n) is 3.04. The normalized spacial score (nSPS) is 13.7. The maximum absolute atomic E-state index is 12.6. The molecule has 0 aliphatic heterocycles. The van der Waals surface area contributed by atoms with E-state index in [1.807, 2.05) is 14.0 Å². The summed E-state index contributed by atoms with van der Waals surface area (Å²) in [6.07, 6.45) is -2.40. The molecule has 1 heterocycles. The number of fused-ring (bicyclic) bond motifs is 1. The van der Waals surface area contributed by atoms with Crippen LogP contribution in [0.4, 0.5) is 13.2 Å². The number of rotatable bonds is 3. The lowest BCUT2D eigenvalue weighted by atomic mass is 10.1. The predicted octanol–water partition coefficient (Wildman–Crippen LogP) is 2.80. The van der Waals surface area contributed by atoms with Crippen LogP contribution in [0.3, 0.4) is 0 Å². The van der Waals surface area contributed by atoms with Crippen molar-refractivity contribution in [3.8, 4) is 0 Å². The van der Waals surface area contributed by atoms with E-state index >= 15 is 0 Å². The summed E-state index contributed by atoms with van der Waals surface area (Å²) in [4.78, 5) is 8.07. The first kappa shape index (κ1) is 13.7. The van der Waals surface area contributed by atoms with E-state index in [0.29, 0.717) is 17.3 Å². The molecule has 6 heteroatoms. The zero-order valence-electron chi connectivity index (χ0n) is 10.6. The van der Waals surface area contributed by atoms with Gasteiger partial charge in [0, 0.05) is 17.8 Å². The van der Waals surface area contributed by atoms with Crippen molar-refractivity contribution in [2.45, 2.75) is 25.6 Å². The van der Waals surface area contributed by atoms with Crippen LogP contribution in [0, 0.1) is 0 Å². The predicted molar refractivity (Wildman–Crippen MR) is 66.8 cm³/mol. The highest BCUT2D eigenvalue weighted by Crippen LogP contribution is 2.31. The van der Waals surface area contributed by atoms with Crippen LogP contribution in [0.2, 0.25) is 0 Å². The first-order valence-corrected chi connectivity index (χ1v) is 5.90. The molecule has 1 aromatic heterocycles. The van der Waals surface area contributed by atoms with E-state index in [4.69, 9.17) is 0 Å². The van der Waals surface area contributed by atoms with Gasteiger partial charge in [0.1, 0.15) is 6.33 Å². The lowest BCUT2D eigenvalue weighted by Gasteiger charge is -2.12. The maximum Gasteiger partial charge on any atom is 0.416 e. The fourth-order valence-electron chi connectivity index (χ4n) is 1.84. The third-order valence-corrected chi connectivity index (χ3v) is 3.04. The van der Waals surface area contributed by atoms with Crippen molar-refractivity contribution >= 4 is 10.9 Å². The lowest BCUT2D eigenvalue weighted by molar-refractivity contribution is -0.137. The quantitative estimate of drug-likeness (QED) is 0.931. The molecule has 2 rings (SSSR count). The second-order valence-electron chi connectivity index (χ2n) is 4.44. The van der Waals surface area contributed by atoms with Crippen molar-refractivity contribution in [3.05, 3.63) is 35.8 Å². The van der Waals surface area contributed by atoms with E-state index in [0.717, 1.165) is 17.8 Å². The molecule has 0 saturated heterocycles. The smallest absolute Gasteiger partial charge is 0.317 e. The monoisotopic (exact) mass is 269 g/mol. The van der Waals surface area contributed by atoms with E-state index in [2.05, 4.69) is 15.3 Å². The van der Waals surface area contributed by atoms with Crippen LogP contribution < -0.4 is 5.32 Å². The molecule has 102 valence electrons. The first-order valence-electron chi connectivity index (χ1n) is 5.90. The van der Waals surface area contributed by atoms with E-state index in [9.17, 15) is 13.2 Å². The highest BCUT2D eigenvalue weighted by Gasteiger charge is 2.30. The molecule has 3 nitrogen and oxygen atoms in total. The SMILES string of the molecule is CNC(C)Cc1ncnc2cc(C(F)(F)F)ccc12. The molecule has 0 saturated carbocycles. The van der Waals surface area contributed by atoms with E-state index in [-0.39, 0.29) is 6.04 Å². The Morgan fingerprint density at radius 2 is 2.00 bits per heavy atom. The fourth-order valence-corrected chi connectivity index (χ4v) is 1.84. The fraction of sp³-hybridized carbons (Fsp3) is 0.385. The van der Waals surface area contributed by atoms with Gasteiger partial charge in [0.25, 0.3) is 0 Å². The van der Waals surface area contributed by atoms with Gasteiger partial charge < -0.3 is 5.32 Å². The lowest BCUT2D eigenvalue weighted by Crippen LogP contribution is -2.24. The van der Waals surface area contributed by atoms with Crippen LogP contribution in [-0.4, -0.2) is 23.1 Å². The van der Waals surface area contributed by atoms with Gasteiger partial charge in [-0.1, -0.05) is 6.07 Å². The van der Waals surface area contributed by atoms with E-state index in [1.54, 1.807) is 0 Å². The molecule has 0 aliphatic carbocycles. The number of nitrogens with zero attached hydrogens (tertiary/aromatic N) is 2. The summed E-state index contributed by atoms with van der Waals surface area (Å²) in [6, 6.07) is 3.76. The molecule has 0 fully saturated rings. The maximum atomic E-state index is 12.6. The molecule has 0 radical (unpaired) electrons. The minimum atomic E-state index is -4.35. The van der Waals surface area contributed by atoms with Gasteiger partial charge in [-0.2, -0.15) is 13.2 Å². The molecule has 1 N–H and O–H groups in total. The Morgan fingerprint density at radius 3 is 2.63 bits per heavy atom. The topological polar surface area (TPSA) is 37.8 Å². The van der Waals surface area contributed by atoms with E-state index in [1.165, 1.54) is 12.4 Å². The zero-order chi connectivity index (χ0) is 14.0. The van der Waals surface area contributed by atoms with Crippen molar-refractivity contribution in [2.75, 3.05) is 7.05 Å². The summed E-state index contributed by atoms with van der Waals surface area (Å²) >= 11 is 0. The summed E-state index contributed by atoms with van der Waals surface area (Å²) in [7, 11) is 1.83. The standard InChI is InChI=1S/C13H14F3N3/c1-8(17-2)5-11-10-4-3-9(13(14,15)16)6-12(10)19-7-18-11/h3-4,6-8,17H,5H2,1-2H3. The highest BCUT2D eigenvalue weighted by atomic mass is 19.4. The van der Waals surface area contributed by atoms with Gasteiger partial charge in [0.15, 0.2) is 0 Å². The van der Waals surface area contributed by atoms with Crippen LogP contribution >= 0.6 is 0 Å². The minimum Gasteiger partial charge on any atom is -0.317 e. The average molecular weight is 269 g/mol. The Hall–Kier alpha value is -1.69. The Bertz CT molecular complexity index is 581. The summed E-state index contributed by atoms with van der Waals surface area (Å²) in [5.74, 6) is 0. The van der Waals surface area contributed by atoms with Crippen molar-refractivity contribution < 1.29 is 13.2 Å². The van der Waals surface area contributed by atoms with Crippen molar-refractivity contribution in [1.82, 2.24) is 15.3 Å². The largest absolute Gasteiger partial charge is 0.416 e. The molecule has 0 aliphatic rings. The Kier molecular flexibility index (Phi) is 3.71. The summed E-state index contributed by atoms with van der Waals surface area (Å²) < 4.78 is 37.9. The van der Waals surface area contributed by atoms with E-state index < -0.39 is 11.7 Å². The van der Waals surface area contributed by atoms with Crippen LogP contribution in [0.15, 0.2) is 24.5 Å². The second-order valence-corrected chi connectivity index (χ2v) is 4.44. The van der Waals surface area contributed by atoms with Gasteiger partial charge in [-0.15, -0.1) is 0 Å². The van der Waals surface area contributed by atoms with Crippen molar-refractivity contribution in [2.24, 2.45) is 0 Å². The van der Waals surface area contributed by atoms with Crippen LogP contribution in [-0.2, 0) is 12.6 Å². The molecule has 0 amide bonds. The second kappa shape index (κ2) is 5.13. The molecular weight excluding hydrogens is 255 g/mol. The molecule has 19 heavy (non-hydrogen) atoms. The van der Waals surface area contributed by atoms with Crippen LogP contribution in [0.5, 0.6) is 0 Å². The summed E-state index contributed by atoms with van der Waals surface area (Å²) in [6.45, 7) is 1.98. The molecule has 0 bridgehead atoms. The molecule has 1 aromatic carbocycles. The first-order chi connectivity index (χ1) is 8.91. The Labute approximate surface area is 108 Å². The van der Waals surface area contributed by atoms with Crippen molar-refractivity contribution in [3.63, 3.8) is 0 Å². The minimum absolute atomic E-state index is 0.195. The van der Waals surface area contributed by atoms with Crippen LogP contribution in [0.1, 0.15) is 18.2 Å². The zero-order valence-corrected chi connectivity index (χ0v) is 10.6. The molecular formula is C13H14F3N3. The van der Waals surface area contributed by atoms with Gasteiger partial charge in [0.05, 0.1) is 16.8 Å². The van der Waals surface area contributed by atoms with Gasteiger partial charge in [-0.05, 0) is 26.1 Å². The Balaban J connectivity index is 2.47. The number of alkyl halides is 3. The number of benzene rings is 1. The third kappa shape index (κ3) is 3.01. The number of likely N-dealkylation sites (N-methyl/N-ethyl adjacent to an activating group) is 1. The molecule has 1 atom stereocenters. The highest BCUT2D eigenvalue weighted by molar-refractivity contribution is 5.81. The molecule has 0 spiro atoms. The van der Waals surface area contributed by atoms with Gasteiger partial charge in [-0.3, -0.25) is 0 Å². The number of hydrogen-bond donors (Lipinski definition) is 1. The van der Waals surface area contributed by atoms with Crippen molar-refractivity contribution in [1.29, 1.82) is 0 Å².